The lowest BCUT2D eigenvalue weighted by atomic mass is 10.2. The summed E-state index contributed by atoms with van der Waals surface area (Å²) < 4.78 is 52.5. The summed E-state index contributed by atoms with van der Waals surface area (Å²) in [4.78, 5) is 0.191. The lowest BCUT2D eigenvalue weighted by Gasteiger charge is -2.22. The molecule has 8 heteroatoms. The molecule has 136 valence electrons. The number of nitrogens with zero attached hydrogens (tertiary/aromatic N) is 1. The molecule has 1 N–H and O–H groups in total. The molecule has 0 aliphatic rings. The number of hydrogen-bond acceptors (Lipinski definition) is 4. The molecule has 0 fully saturated rings. The molecule has 0 radical (unpaired) electrons. The van der Waals surface area contributed by atoms with Gasteiger partial charge in [0, 0.05) is 13.1 Å². The van der Waals surface area contributed by atoms with Crippen molar-refractivity contribution in [3.63, 3.8) is 0 Å². The number of benzene rings is 2. The maximum absolute atomic E-state index is 12.4. The average Bonchev–Trinajstić information content (AvgIpc) is 2.52. The number of hydrogen-bond donors (Lipinski definition) is 1. The molecule has 6 nitrogen and oxygen atoms in total. The molecular weight excluding hydrogens is 360 g/mol. The van der Waals surface area contributed by atoms with Crippen molar-refractivity contribution in [2.45, 2.75) is 18.7 Å². The third kappa shape index (κ3) is 5.04. The Morgan fingerprint density at radius 2 is 1.52 bits per heavy atom. The zero-order valence-electron chi connectivity index (χ0n) is 14.4. The first-order chi connectivity index (χ1) is 11.6. The summed E-state index contributed by atoms with van der Waals surface area (Å²) in [7, 11) is -7.22. The van der Waals surface area contributed by atoms with Gasteiger partial charge in [-0.2, -0.15) is 0 Å². The maximum Gasteiger partial charge on any atom is 0.240 e. The van der Waals surface area contributed by atoms with E-state index >= 15 is 0 Å². The summed E-state index contributed by atoms with van der Waals surface area (Å²) in [5.41, 5.74) is 2.15. The SMILES string of the molecule is Cc1ccc(N(CCNS(=O)(=O)c2ccccc2C)S(C)(=O)=O)cc1. The van der Waals surface area contributed by atoms with Gasteiger partial charge in [0.15, 0.2) is 0 Å². The van der Waals surface area contributed by atoms with Gasteiger partial charge in [-0.3, -0.25) is 4.31 Å². The zero-order valence-corrected chi connectivity index (χ0v) is 16.1. The Morgan fingerprint density at radius 1 is 0.920 bits per heavy atom. The second-order valence-corrected chi connectivity index (χ2v) is 9.48. The van der Waals surface area contributed by atoms with Gasteiger partial charge in [0.1, 0.15) is 0 Å². The number of rotatable bonds is 7. The van der Waals surface area contributed by atoms with E-state index < -0.39 is 20.0 Å². The topological polar surface area (TPSA) is 83.6 Å². The van der Waals surface area contributed by atoms with Crippen molar-refractivity contribution in [3.05, 3.63) is 59.7 Å². The Morgan fingerprint density at radius 3 is 2.08 bits per heavy atom. The van der Waals surface area contributed by atoms with Gasteiger partial charge in [-0.05, 0) is 37.6 Å². The van der Waals surface area contributed by atoms with Crippen molar-refractivity contribution >= 4 is 25.7 Å². The number of sulfonamides is 2. The smallest absolute Gasteiger partial charge is 0.240 e. The van der Waals surface area contributed by atoms with E-state index in [0.717, 1.165) is 11.8 Å². The Hall–Kier alpha value is -1.90. The lowest BCUT2D eigenvalue weighted by molar-refractivity contribution is 0.578. The first-order valence-corrected chi connectivity index (χ1v) is 11.0. The van der Waals surface area contributed by atoms with Gasteiger partial charge in [0.2, 0.25) is 20.0 Å². The summed E-state index contributed by atoms with van der Waals surface area (Å²) in [5.74, 6) is 0. The molecule has 0 aliphatic carbocycles. The Bertz CT molecular complexity index is 937. The van der Waals surface area contributed by atoms with Crippen LogP contribution in [0.5, 0.6) is 0 Å². The fourth-order valence-electron chi connectivity index (χ4n) is 2.41. The Labute approximate surface area is 149 Å². The van der Waals surface area contributed by atoms with Gasteiger partial charge in [0.05, 0.1) is 16.8 Å². The van der Waals surface area contributed by atoms with Crippen LogP contribution in [0.3, 0.4) is 0 Å². The van der Waals surface area contributed by atoms with Gasteiger partial charge in [0.25, 0.3) is 0 Å². The van der Waals surface area contributed by atoms with Crippen LogP contribution < -0.4 is 9.03 Å². The predicted octanol–water partition coefficient (Wildman–Crippen LogP) is 2.05. The molecule has 0 atom stereocenters. The molecule has 2 rings (SSSR count). The van der Waals surface area contributed by atoms with Gasteiger partial charge in [-0.1, -0.05) is 35.9 Å². The first kappa shape index (κ1) is 19.4. The average molecular weight is 383 g/mol. The van der Waals surface area contributed by atoms with Crippen molar-refractivity contribution in [1.29, 1.82) is 0 Å². The van der Waals surface area contributed by atoms with E-state index in [2.05, 4.69) is 4.72 Å². The lowest BCUT2D eigenvalue weighted by Crippen LogP contribution is -2.38. The third-order valence-corrected chi connectivity index (χ3v) is 6.53. The molecule has 2 aromatic rings. The molecule has 0 saturated carbocycles. The van der Waals surface area contributed by atoms with E-state index in [9.17, 15) is 16.8 Å². The van der Waals surface area contributed by atoms with Crippen LogP contribution in [0.4, 0.5) is 5.69 Å². The summed E-state index contributed by atoms with van der Waals surface area (Å²) in [6.07, 6.45) is 1.10. The van der Waals surface area contributed by atoms with Gasteiger partial charge in [-0.15, -0.1) is 0 Å². The normalized spacial score (nSPS) is 12.1. The van der Waals surface area contributed by atoms with Crippen LogP contribution in [0.2, 0.25) is 0 Å². The number of nitrogens with one attached hydrogen (secondary N) is 1. The third-order valence-electron chi connectivity index (χ3n) is 3.71. The Kier molecular flexibility index (Phi) is 5.87. The monoisotopic (exact) mass is 382 g/mol. The van der Waals surface area contributed by atoms with Crippen LogP contribution in [0.15, 0.2) is 53.4 Å². The van der Waals surface area contributed by atoms with E-state index in [1.807, 2.05) is 19.1 Å². The molecule has 0 aromatic heterocycles. The minimum Gasteiger partial charge on any atom is -0.269 e. The molecule has 0 bridgehead atoms. The summed E-state index contributed by atoms with van der Waals surface area (Å²) >= 11 is 0. The fourth-order valence-corrected chi connectivity index (χ4v) is 4.61. The highest BCUT2D eigenvalue weighted by Gasteiger charge is 2.20. The minimum absolute atomic E-state index is 0.00695. The fraction of sp³-hybridized carbons (Fsp3) is 0.294. The van der Waals surface area contributed by atoms with Crippen LogP contribution in [-0.4, -0.2) is 36.2 Å². The van der Waals surface area contributed by atoms with Crippen LogP contribution >= 0.6 is 0 Å². The standard InChI is InChI=1S/C17H22N2O4S2/c1-14-8-10-16(11-9-14)19(24(3,20)21)13-12-18-25(22,23)17-7-5-4-6-15(17)2/h4-11,18H,12-13H2,1-3H3. The van der Waals surface area contributed by atoms with Crippen molar-refractivity contribution in [2.75, 3.05) is 23.7 Å². The quantitative estimate of drug-likeness (QED) is 0.794. The molecule has 25 heavy (non-hydrogen) atoms. The van der Waals surface area contributed by atoms with Crippen molar-refractivity contribution in [3.8, 4) is 0 Å². The molecule has 0 amide bonds. The first-order valence-electron chi connectivity index (χ1n) is 7.71. The zero-order chi connectivity index (χ0) is 18.7. The van der Waals surface area contributed by atoms with E-state index in [-0.39, 0.29) is 18.0 Å². The second kappa shape index (κ2) is 7.55. The summed E-state index contributed by atoms with van der Waals surface area (Å²) in [5, 5.41) is 0. The van der Waals surface area contributed by atoms with Gasteiger partial charge >= 0.3 is 0 Å². The molecule has 0 aliphatic heterocycles. The Balaban J connectivity index is 2.14. The molecule has 2 aromatic carbocycles. The number of anilines is 1. The maximum atomic E-state index is 12.4. The van der Waals surface area contributed by atoms with E-state index in [1.165, 1.54) is 10.4 Å². The second-order valence-electron chi connectivity index (χ2n) is 5.83. The summed E-state index contributed by atoms with van der Waals surface area (Å²) in [6, 6.07) is 13.7. The highest BCUT2D eigenvalue weighted by Crippen LogP contribution is 2.18. The van der Waals surface area contributed by atoms with Crippen LogP contribution in [0.1, 0.15) is 11.1 Å². The highest BCUT2D eigenvalue weighted by molar-refractivity contribution is 7.92. The molecule has 0 spiro atoms. The van der Waals surface area contributed by atoms with E-state index in [0.29, 0.717) is 11.3 Å². The van der Waals surface area contributed by atoms with E-state index in [4.69, 9.17) is 0 Å². The summed E-state index contributed by atoms with van der Waals surface area (Å²) in [6.45, 7) is 3.60. The van der Waals surface area contributed by atoms with Gasteiger partial charge in [-0.25, -0.2) is 21.6 Å². The van der Waals surface area contributed by atoms with Gasteiger partial charge < -0.3 is 0 Å². The molecule has 0 heterocycles. The molecular formula is C17H22N2O4S2. The van der Waals surface area contributed by atoms with Crippen LogP contribution in [0, 0.1) is 13.8 Å². The van der Waals surface area contributed by atoms with Crippen molar-refractivity contribution < 1.29 is 16.8 Å². The largest absolute Gasteiger partial charge is 0.269 e. The molecule has 0 unspecified atom stereocenters. The van der Waals surface area contributed by atoms with Crippen molar-refractivity contribution in [2.24, 2.45) is 0 Å². The minimum atomic E-state index is -3.69. The number of aryl methyl sites for hydroxylation is 2. The highest BCUT2D eigenvalue weighted by atomic mass is 32.2. The molecule has 0 saturated heterocycles. The van der Waals surface area contributed by atoms with Crippen molar-refractivity contribution in [1.82, 2.24) is 4.72 Å². The van der Waals surface area contributed by atoms with Crippen LogP contribution in [0.25, 0.3) is 0 Å². The van der Waals surface area contributed by atoms with E-state index in [1.54, 1.807) is 37.3 Å². The van der Waals surface area contributed by atoms with Crippen LogP contribution in [-0.2, 0) is 20.0 Å². The predicted molar refractivity (Wildman–Crippen MR) is 99.7 cm³/mol.